The van der Waals surface area contributed by atoms with Gasteiger partial charge in [-0.25, -0.2) is 8.42 Å². The predicted octanol–water partition coefficient (Wildman–Crippen LogP) is -0.147. The second kappa shape index (κ2) is 9.03. The lowest BCUT2D eigenvalue weighted by Crippen LogP contribution is -2.43. The highest BCUT2D eigenvalue weighted by atomic mass is 32.2. The SMILES string of the molecule is O=C(NCCS(=O)(=O)N1CCOCC1)c1ccc2c(c1)C(=O)N(CC1CCCO1)C2=O. The number of carbonyl (C=O) groups is 3. The lowest BCUT2D eigenvalue weighted by molar-refractivity contribution is 0.0475. The third-order valence-corrected chi connectivity index (χ3v) is 7.52. The number of ether oxygens (including phenoxy) is 2. The maximum Gasteiger partial charge on any atom is 0.261 e. The molecule has 0 spiro atoms. The molecule has 1 N–H and O–H groups in total. The average Bonchev–Trinajstić information content (AvgIpc) is 3.37. The van der Waals surface area contributed by atoms with E-state index in [-0.39, 0.29) is 47.5 Å². The minimum Gasteiger partial charge on any atom is -0.379 e. The molecule has 1 atom stereocenters. The first kappa shape index (κ1) is 21.9. The van der Waals surface area contributed by atoms with Gasteiger partial charge in [0.1, 0.15) is 0 Å². The Morgan fingerprint density at radius 1 is 1.10 bits per heavy atom. The van der Waals surface area contributed by atoms with Crippen molar-refractivity contribution in [2.24, 2.45) is 0 Å². The third kappa shape index (κ3) is 4.64. The molecule has 3 aliphatic heterocycles. The van der Waals surface area contributed by atoms with Gasteiger partial charge in [-0.05, 0) is 31.0 Å². The van der Waals surface area contributed by atoms with E-state index >= 15 is 0 Å². The maximum atomic E-state index is 12.7. The quantitative estimate of drug-likeness (QED) is 0.572. The van der Waals surface area contributed by atoms with E-state index < -0.39 is 21.8 Å². The summed E-state index contributed by atoms with van der Waals surface area (Å²) >= 11 is 0. The minimum absolute atomic E-state index is 0.0619. The van der Waals surface area contributed by atoms with E-state index in [9.17, 15) is 22.8 Å². The van der Waals surface area contributed by atoms with Gasteiger partial charge in [-0.15, -0.1) is 0 Å². The number of morpholine rings is 1. The molecule has 10 nitrogen and oxygen atoms in total. The number of hydrogen-bond donors (Lipinski definition) is 1. The zero-order valence-electron chi connectivity index (χ0n) is 17.0. The Hall–Kier alpha value is -2.34. The molecule has 3 aliphatic rings. The van der Waals surface area contributed by atoms with Crippen molar-refractivity contribution in [1.29, 1.82) is 0 Å². The van der Waals surface area contributed by atoms with Crippen molar-refractivity contribution in [1.82, 2.24) is 14.5 Å². The van der Waals surface area contributed by atoms with Crippen LogP contribution in [-0.2, 0) is 19.5 Å². The van der Waals surface area contributed by atoms with Crippen LogP contribution in [0.15, 0.2) is 18.2 Å². The topological polar surface area (TPSA) is 122 Å². The van der Waals surface area contributed by atoms with Crippen molar-refractivity contribution in [3.8, 4) is 0 Å². The van der Waals surface area contributed by atoms with Gasteiger partial charge in [-0.1, -0.05) is 0 Å². The molecule has 1 aromatic rings. The molecule has 1 unspecified atom stereocenters. The van der Waals surface area contributed by atoms with Crippen molar-refractivity contribution in [2.45, 2.75) is 18.9 Å². The van der Waals surface area contributed by atoms with Crippen LogP contribution >= 0.6 is 0 Å². The molecule has 4 rings (SSSR count). The number of imide groups is 1. The summed E-state index contributed by atoms with van der Waals surface area (Å²) in [6.45, 7) is 2.09. The summed E-state index contributed by atoms with van der Waals surface area (Å²) in [5, 5.41) is 2.58. The van der Waals surface area contributed by atoms with Crippen molar-refractivity contribution in [2.75, 3.05) is 51.8 Å². The van der Waals surface area contributed by atoms with E-state index in [1.54, 1.807) is 0 Å². The second-order valence-electron chi connectivity index (χ2n) is 7.70. The summed E-state index contributed by atoms with van der Waals surface area (Å²) in [6.07, 6.45) is 1.55. The predicted molar refractivity (Wildman–Crippen MR) is 109 cm³/mol. The molecule has 11 heteroatoms. The van der Waals surface area contributed by atoms with Gasteiger partial charge in [0, 0.05) is 31.8 Å². The van der Waals surface area contributed by atoms with Gasteiger partial charge < -0.3 is 14.8 Å². The van der Waals surface area contributed by atoms with Gasteiger partial charge >= 0.3 is 0 Å². The largest absolute Gasteiger partial charge is 0.379 e. The molecule has 3 heterocycles. The fourth-order valence-corrected chi connectivity index (χ4v) is 5.26. The van der Waals surface area contributed by atoms with E-state index in [1.807, 2.05) is 0 Å². The molecule has 1 aromatic carbocycles. The minimum atomic E-state index is -3.48. The highest BCUT2D eigenvalue weighted by molar-refractivity contribution is 7.89. The summed E-state index contributed by atoms with van der Waals surface area (Å²) in [4.78, 5) is 38.9. The summed E-state index contributed by atoms with van der Waals surface area (Å²) < 4.78 is 36.7. The summed E-state index contributed by atoms with van der Waals surface area (Å²) in [5.41, 5.74) is 0.633. The number of benzene rings is 1. The lowest BCUT2D eigenvalue weighted by atomic mass is 10.1. The number of nitrogens with zero attached hydrogens (tertiary/aromatic N) is 2. The lowest BCUT2D eigenvalue weighted by Gasteiger charge is -2.26. The fraction of sp³-hybridized carbons (Fsp3) is 0.550. The van der Waals surface area contributed by atoms with E-state index in [2.05, 4.69) is 5.32 Å². The van der Waals surface area contributed by atoms with Crippen LogP contribution < -0.4 is 5.32 Å². The normalized spacial score (nSPS) is 22.1. The zero-order valence-corrected chi connectivity index (χ0v) is 17.9. The number of hydrogen-bond acceptors (Lipinski definition) is 7. The Balaban J connectivity index is 1.37. The van der Waals surface area contributed by atoms with Gasteiger partial charge in [0.05, 0.1) is 42.7 Å². The van der Waals surface area contributed by atoms with Crippen molar-refractivity contribution < 1.29 is 32.3 Å². The van der Waals surface area contributed by atoms with Crippen LogP contribution in [0.3, 0.4) is 0 Å². The smallest absolute Gasteiger partial charge is 0.261 e. The van der Waals surface area contributed by atoms with Gasteiger partial charge in [0.15, 0.2) is 0 Å². The molecule has 0 aliphatic carbocycles. The number of fused-ring (bicyclic) bond motifs is 1. The van der Waals surface area contributed by atoms with Crippen LogP contribution in [0.2, 0.25) is 0 Å². The first-order valence-corrected chi connectivity index (χ1v) is 11.9. The van der Waals surface area contributed by atoms with Crippen molar-refractivity contribution in [3.63, 3.8) is 0 Å². The standard InChI is InChI=1S/C20H25N3O7S/c24-18(21-5-11-31(27,28)22-6-9-29-10-7-22)14-3-4-16-17(12-14)20(26)23(19(16)25)13-15-2-1-8-30-15/h3-4,12,15H,1-2,5-11,13H2,(H,21,24). The van der Waals surface area contributed by atoms with Crippen molar-refractivity contribution in [3.05, 3.63) is 34.9 Å². The highest BCUT2D eigenvalue weighted by Crippen LogP contribution is 2.26. The fourth-order valence-electron chi connectivity index (χ4n) is 3.94. The van der Waals surface area contributed by atoms with Gasteiger partial charge in [0.25, 0.3) is 17.7 Å². The van der Waals surface area contributed by atoms with E-state index in [0.29, 0.717) is 32.9 Å². The number of amides is 3. The van der Waals surface area contributed by atoms with Crippen LogP contribution in [0.4, 0.5) is 0 Å². The molecule has 0 aromatic heterocycles. The molecule has 0 bridgehead atoms. The molecular weight excluding hydrogens is 426 g/mol. The molecule has 0 radical (unpaired) electrons. The summed E-state index contributed by atoms with van der Waals surface area (Å²) in [7, 11) is -3.48. The monoisotopic (exact) mass is 451 g/mol. The van der Waals surface area contributed by atoms with Gasteiger partial charge in [0.2, 0.25) is 10.0 Å². The van der Waals surface area contributed by atoms with E-state index in [0.717, 1.165) is 17.7 Å². The Kier molecular flexibility index (Phi) is 6.37. The molecule has 0 saturated carbocycles. The molecule has 31 heavy (non-hydrogen) atoms. The van der Waals surface area contributed by atoms with E-state index in [1.165, 1.54) is 22.5 Å². The average molecular weight is 452 g/mol. The van der Waals surface area contributed by atoms with Crippen LogP contribution in [0.1, 0.15) is 43.9 Å². The maximum absolute atomic E-state index is 12.7. The van der Waals surface area contributed by atoms with Crippen LogP contribution in [-0.4, -0.2) is 93.2 Å². The second-order valence-corrected chi connectivity index (χ2v) is 9.79. The Morgan fingerprint density at radius 2 is 1.84 bits per heavy atom. The molecular formula is C20H25N3O7S. The number of sulfonamides is 1. The molecule has 168 valence electrons. The van der Waals surface area contributed by atoms with E-state index in [4.69, 9.17) is 9.47 Å². The first-order valence-electron chi connectivity index (χ1n) is 10.3. The first-order chi connectivity index (χ1) is 14.9. The van der Waals surface area contributed by atoms with Crippen LogP contribution in [0, 0.1) is 0 Å². The number of carbonyl (C=O) groups excluding carboxylic acids is 3. The Morgan fingerprint density at radius 3 is 2.55 bits per heavy atom. The van der Waals surface area contributed by atoms with Crippen molar-refractivity contribution >= 4 is 27.7 Å². The zero-order chi connectivity index (χ0) is 22.0. The molecule has 3 amide bonds. The highest BCUT2D eigenvalue weighted by Gasteiger charge is 2.38. The number of nitrogens with one attached hydrogen (secondary N) is 1. The summed E-state index contributed by atoms with van der Waals surface area (Å²) in [6, 6.07) is 4.31. The molecule has 2 saturated heterocycles. The molecule has 2 fully saturated rings. The van der Waals surface area contributed by atoms with Crippen LogP contribution in [0.5, 0.6) is 0 Å². The third-order valence-electron chi connectivity index (χ3n) is 5.65. The van der Waals surface area contributed by atoms with Crippen LogP contribution in [0.25, 0.3) is 0 Å². The number of rotatable bonds is 7. The Labute approximate surface area is 180 Å². The van der Waals surface area contributed by atoms with Gasteiger partial charge in [-0.3, -0.25) is 19.3 Å². The Bertz CT molecular complexity index is 982. The van der Waals surface area contributed by atoms with Gasteiger partial charge in [-0.2, -0.15) is 4.31 Å². The summed E-state index contributed by atoms with van der Waals surface area (Å²) in [5.74, 6) is -1.56.